The van der Waals surface area contributed by atoms with Gasteiger partial charge in [0.2, 0.25) is 10.8 Å². The predicted molar refractivity (Wildman–Crippen MR) is 127 cm³/mol. The van der Waals surface area contributed by atoms with E-state index in [0.717, 1.165) is 28.9 Å². The number of thioether (sulfide) groups is 1. The Hall–Kier alpha value is -2.76. The van der Waals surface area contributed by atoms with E-state index in [4.69, 9.17) is 11.6 Å². The van der Waals surface area contributed by atoms with Crippen LogP contribution in [0.25, 0.3) is 0 Å². The summed E-state index contributed by atoms with van der Waals surface area (Å²) in [6, 6.07) is 23.2. The molecule has 2 amide bonds. The van der Waals surface area contributed by atoms with Crippen molar-refractivity contribution in [3.05, 3.63) is 94.5 Å². The molecule has 5 rings (SSSR count). The third-order valence-corrected chi connectivity index (χ3v) is 7.71. The van der Waals surface area contributed by atoms with Crippen LogP contribution in [0.5, 0.6) is 0 Å². The van der Waals surface area contributed by atoms with Gasteiger partial charge in [0.15, 0.2) is 0 Å². The van der Waals surface area contributed by atoms with Crippen LogP contribution in [-0.4, -0.2) is 17.6 Å². The van der Waals surface area contributed by atoms with E-state index >= 15 is 0 Å². The van der Waals surface area contributed by atoms with E-state index in [1.165, 1.54) is 17.3 Å². The first-order valence-electron chi connectivity index (χ1n) is 10.3. The normalized spacial score (nSPS) is 20.1. The first kappa shape index (κ1) is 20.2. The van der Waals surface area contributed by atoms with Gasteiger partial charge in [0.05, 0.1) is 18.0 Å². The molecule has 2 aliphatic heterocycles. The lowest BCUT2D eigenvalue weighted by molar-refractivity contribution is -0.123. The Kier molecular flexibility index (Phi) is 5.03. The molecule has 2 heterocycles. The number of fused-ring (bicyclic) bond motifs is 2. The highest BCUT2D eigenvalue weighted by Crippen LogP contribution is 2.56. The van der Waals surface area contributed by atoms with E-state index in [1.54, 1.807) is 9.80 Å². The van der Waals surface area contributed by atoms with Gasteiger partial charge >= 0.3 is 0 Å². The number of benzene rings is 3. The van der Waals surface area contributed by atoms with Gasteiger partial charge < -0.3 is 4.90 Å². The summed E-state index contributed by atoms with van der Waals surface area (Å²) in [7, 11) is 0. The second-order valence-corrected chi connectivity index (χ2v) is 9.26. The Balaban J connectivity index is 1.63. The number of halogens is 1. The Morgan fingerprint density at radius 1 is 0.968 bits per heavy atom. The largest absolute Gasteiger partial charge is 0.304 e. The average Bonchev–Trinajstić information content (AvgIpc) is 3.26. The van der Waals surface area contributed by atoms with Gasteiger partial charge in [-0.3, -0.25) is 14.5 Å². The van der Waals surface area contributed by atoms with Gasteiger partial charge in [-0.15, -0.1) is 11.8 Å². The van der Waals surface area contributed by atoms with E-state index in [1.807, 2.05) is 72.8 Å². The smallest absolute Gasteiger partial charge is 0.269 e. The highest BCUT2D eigenvalue weighted by molar-refractivity contribution is 8.02. The summed E-state index contributed by atoms with van der Waals surface area (Å²) < 4.78 is 0. The van der Waals surface area contributed by atoms with Gasteiger partial charge in [-0.2, -0.15) is 0 Å². The predicted octanol–water partition coefficient (Wildman–Crippen LogP) is 5.38. The number of hydrogen-bond donors (Lipinski definition) is 0. The number of para-hydroxylation sites is 1. The van der Waals surface area contributed by atoms with Crippen LogP contribution in [0.1, 0.15) is 23.6 Å². The average molecular weight is 449 g/mol. The van der Waals surface area contributed by atoms with E-state index in [2.05, 4.69) is 6.92 Å². The molecule has 4 nitrogen and oxygen atoms in total. The number of rotatable bonds is 4. The van der Waals surface area contributed by atoms with Crippen molar-refractivity contribution in [3.63, 3.8) is 0 Å². The molecule has 3 aromatic rings. The number of aryl methyl sites for hydroxylation is 1. The summed E-state index contributed by atoms with van der Waals surface area (Å²) in [6.07, 6.45) is 0.918. The van der Waals surface area contributed by atoms with Crippen LogP contribution in [0.3, 0.4) is 0 Å². The van der Waals surface area contributed by atoms with E-state index in [-0.39, 0.29) is 17.6 Å². The van der Waals surface area contributed by atoms with Crippen molar-refractivity contribution in [3.8, 4) is 0 Å². The fourth-order valence-electron chi connectivity index (χ4n) is 4.39. The molecule has 31 heavy (non-hydrogen) atoms. The first-order chi connectivity index (χ1) is 15.1. The molecule has 0 aliphatic carbocycles. The highest BCUT2D eigenvalue weighted by Gasteiger charge is 2.60. The lowest BCUT2D eigenvalue weighted by Crippen LogP contribution is -2.49. The lowest BCUT2D eigenvalue weighted by atomic mass is 10.0. The van der Waals surface area contributed by atoms with E-state index < -0.39 is 4.87 Å². The minimum absolute atomic E-state index is 0.0583. The molecule has 1 fully saturated rings. The van der Waals surface area contributed by atoms with Gasteiger partial charge in [0, 0.05) is 16.3 Å². The monoisotopic (exact) mass is 448 g/mol. The van der Waals surface area contributed by atoms with Crippen molar-refractivity contribution in [2.24, 2.45) is 0 Å². The molecule has 0 aromatic heterocycles. The van der Waals surface area contributed by atoms with Crippen LogP contribution in [0.4, 0.5) is 11.4 Å². The third kappa shape index (κ3) is 3.07. The highest BCUT2D eigenvalue weighted by atomic mass is 35.5. The molecule has 1 spiro atoms. The van der Waals surface area contributed by atoms with Crippen molar-refractivity contribution >= 4 is 46.6 Å². The molecule has 156 valence electrons. The number of hydrogen-bond acceptors (Lipinski definition) is 3. The van der Waals surface area contributed by atoms with E-state index in [0.29, 0.717) is 11.6 Å². The standard InChI is InChI=1S/C25H21ClN2O2S/c1-2-17-11-13-19(14-12-17)28-23(29)16-31-25(28)20-8-4-6-10-22(20)27(24(25)30)15-18-7-3-5-9-21(18)26/h3-14H,2,15-16H2,1H3/t25-/m0/s1. The van der Waals surface area contributed by atoms with Crippen LogP contribution in [0, 0.1) is 0 Å². The summed E-state index contributed by atoms with van der Waals surface area (Å²) in [5, 5.41) is 0.621. The molecular formula is C25H21ClN2O2S. The molecule has 0 bridgehead atoms. The number of amides is 2. The maximum atomic E-state index is 14.0. The zero-order chi connectivity index (χ0) is 21.6. The zero-order valence-electron chi connectivity index (χ0n) is 17.0. The summed E-state index contributed by atoms with van der Waals surface area (Å²) in [6.45, 7) is 2.45. The molecule has 1 saturated heterocycles. The minimum atomic E-state index is -1.09. The Bertz CT molecular complexity index is 1180. The number of nitrogens with zero attached hydrogens (tertiary/aromatic N) is 2. The molecule has 0 unspecified atom stereocenters. The second kappa shape index (κ2) is 7.74. The zero-order valence-corrected chi connectivity index (χ0v) is 18.6. The summed E-state index contributed by atoms with van der Waals surface area (Å²) >= 11 is 7.79. The van der Waals surface area contributed by atoms with Gasteiger partial charge in [0.25, 0.3) is 5.91 Å². The molecular weight excluding hydrogens is 428 g/mol. The first-order valence-corrected chi connectivity index (χ1v) is 11.6. The van der Waals surface area contributed by atoms with Crippen LogP contribution in [0.15, 0.2) is 72.8 Å². The molecule has 0 radical (unpaired) electrons. The van der Waals surface area contributed by atoms with Crippen LogP contribution < -0.4 is 9.80 Å². The van der Waals surface area contributed by atoms with Crippen LogP contribution in [-0.2, 0) is 27.4 Å². The molecule has 3 aromatic carbocycles. The number of anilines is 2. The SMILES string of the molecule is CCc1ccc(N2C(=O)CS[C@@]23C(=O)N(Cc2ccccc2Cl)c2ccccc23)cc1. The number of carbonyl (C=O) groups excluding carboxylic acids is 2. The maximum Gasteiger partial charge on any atom is 0.269 e. The summed E-state index contributed by atoms with van der Waals surface area (Å²) in [5.74, 6) is 0.0938. The second-order valence-electron chi connectivity index (χ2n) is 7.68. The van der Waals surface area contributed by atoms with Gasteiger partial charge in [-0.25, -0.2) is 0 Å². The van der Waals surface area contributed by atoms with Crippen molar-refractivity contribution in [1.82, 2.24) is 0 Å². The fraction of sp³-hybridized carbons (Fsp3) is 0.200. The third-order valence-electron chi connectivity index (χ3n) is 5.95. The lowest BCUT2D eigenvalue weighted by Gasteiger charge is -2.33. The van der Waals surface area contributed by atoms with Crippen molar-refractivity contribution in [2.45, 2.75) is 24.8 Å². The molecule has 0 saturated carbocycles. The van der Waals surface area contributed by atoms with Crippen molar-refractivity contribution in [1.29, 1.82) is 0 Å². The molecule has 2 aliphatic rings. The van der Waals surface area contributed by atoms with Crippen LogP contribution >= 0.6 is 23.4 Å². The Morgan fingerprint density at radius 3 is 2.42 bits per heavy atom. The Morgan fingerprint density at radius 2 is 1.68 bits per heavy atom. The summed E-state index contributed by atoms with van der Waals surface area (Å²) in [4.78, 5) is 29.5. The summed E-state index contributed by atoms with van der Waals surface area (Å²) in [5.41, 5.74) is 4.48. The Labute approximate surface area is 190 Å². The molecule has 6 heteroatoms. The van der Waals surface area contributed by atoms with Crippen molar-refractivity contribution in [2.75, 3.05) is 15.6 Å². The minimum Gasteiger partial charge on any atom is -0.304 e. The fourth-order valence-corrected chi connectivity index (χ4v) is 5.95. The van der Waals surface area contributed by atoms with Crippen molar-refractivity contribution < 1.29 is 9.59 Å². The molecule has 0 N–H and O–H groups in total. The molecule has 1 atom stereocenters. The maximum absolute atomic E-state index is 14.0. The van der Waals surface area contributed by atoms with E-state index in [9.17, 15) is 9.59 Å². The van der Waals surface area contributed by atoms with Gasteiger partial charge in [-0.05, 0) is 41.8 Å². The quantitative estimate of drug-likeness (QED) is 0.537. The van der Waals surface area contributed by atoms with Gasteiger partial charge in [0.1, 0.15) is 0 Å². The number of carbonyl (C=O) groups is 2. The van der Waals surface area contributed by atoms with Gasteiger partial charge in [-0.1, -0.05) is 67.1 Å². The topological polar surface area (TPSA) is 40.6 Å². The van der Waals surface area contributed by atoms with Crippen LogP contribution in [0.2, 0.25) is 5.02 Å².